The Morgan fingerprint density at radius 3 is 2.18 bits per heavy atom. The van der Waals surface area contributed by atoms with E-state index in [1.165, 1.54) is 27.5 Å². The zero-order valence-electron chi connectivity index (χ0n) is 17.5. The van der Waals surface area contributed by atoms with Crippen LogP contribution in [0.15, 0.2) is 90.0 Å². The van der Waals surface area contributed by atoms with E-state index in [0.717, 1.165) is 23.3 Å². The van der Waals surface area contributed by atoms with Gasteiger partial charge in [-0.3, -0.25) is 0 Å². The van der Waals surface area contributed by atoms with Crippen molar-refractivity contribution >= 4 is 17.2 Å². The lowest BCUT2D eigenvalue weighted by Gasteiger charge is -2.10. The molecule has 3 aromatic carbocycles. The number of hydrogen-bond acceptors (Lipinski definition) is 3. The highest BCUT2D eigenvalue weighted by Crippen LogP contribution is 2.33. The average molecular weight is 481 g/mol. The third-order valence-electron chi connectivity index (χ3n) is 5.43. The standard InChI is InChI=1S/C25H16ClF3N4O/c26-20-12-8-18(9-13-20)22-21(17-4-2-1-3-5-17)23-31-33(24(34)32(23)15-30-22)14-16-6-10-19(11-7-16)25(27,28)29/h1-13,15H,14H2. The molecular weight excluding hydrogens is 465 g/mol. The van der Waals surface area contributed by atoms with Crippen LogP contribution in [0.5, 0.6) is 0 Å². The second kappa shape index (κ2) is 8.46. The Morgan fingerprint density at radius 1 is 0.853 bits per heavy atom. The molecule has 0 saturated carbocycles. The second-order valence-electron chi connectivity index (χ2n) is 7.67. The summed E-state index contributed by atoms with van der Waals surface area (Å²) < 4.78 is 41.2. The number of rotatable bonds is 4. The summed E-state index contributed by atoms with van der Waals surface area (Å²) in [5.41, 5.74) is 2.63. The van der Waals surface area contributed by atoms with E-state index >= 15 is 0 Å². The molecule has 9 heteroatoms. The van der Waals surface area contributed by atoms with Crippen LogP contribution in [0, 0.1) is 0 Å². The molecular formula is C25H16ClF3N4O. The highest BCUT2D eigenvalue weighted by Gasteiger charge is 2.30. The first-order valence-corrected chi connectivity index (χ1v) is 10.6. The number of hydrogen-bond donors (Lipinski definition) is 0. The third kappa shape index (κ3) is 4.08. The minimum atomic E-state index is -4.42. The highest BCUT2D eigenvalue weighted by atomic mass is 35.5. The van der Waals surface area contributed by atoms with Crippen molar-refractivity contribution in [2.24, 2.45) is 0 Å². The van der Waals surface area contributed by atoms with Gasteiger partial charge in [0.25, 0.3) is 0 Å². The number of halogens is 4. The van der Waals surface area contributed by atoms with Crippen molar-refractivity contribution in [1.29, 1.82) is 0 Å². The van der Waals surface area contributed by atoms with Gasteiger partial charge in [0.15, 0.2) is 5.65 Å². The quantitative estimate of drug-likeness (QED) is 0.319. The maximum absolute atomic E-state index is 13.1. The summed E-state index contributed by atoms with van der Waals surface area (Å²) in [5.74, 6) is 0. The number of aromatic nitrogens is 4. The second-order valence-corrected chi connectivity index (χ2v) is 8.11. The van der Waals surface area contributed by atoms with Crippen LogP contribution in [-0.2, 0) is 12.7 Å². The molecule has 0 aliphatic carbocycles. The van der Waals surface area contributed by atoms with Gasteiger partial charge in [0.2, 0.25) is 0 Å². The molecule has 0 bridgehead atoms. The molecule has 0 radical (unpaired) electrons. The van der Waals surface area contributed by atoms with Gasteiger partial charge in [-0.25, -0.2) is 18.9 Å². The Kier molecular flexibility index (Phi) is 5.45. The largest absolute Gasteiger partial charge is 0.416 e. The molecule has 5 rings (SSSR count). The fourth-order valence-electron chi connectivity index (χ4n) is 3.75. The van der Waals surface area contributed by atoms with Gasteiger partial charge >= 0.3 is 11.9 Å². The predicted molar refractivity (Wildman–Crippen MR) is 124 cm³/mol. The lowest BCUT2D eigenvalue weighted by Crippen LogP contribution is -2.22. The van der Waals surface area contributed by atoms with Gasteiger partial charge in [-0.1, -0.05) is 66.2 Å². The van der Waals surface area contributed by atoms with Crippen molar-refractivity contribution in [2.45, 2.75) is 12.7 Å². The molecule has 0 aliphatic rings. The summed E-state index contributed by atoms with van der Waals surface area (Å²) in [5, 5.41) is 5.12. The highest BCUT2D eigenvalue weighted by molar-refractivity contribution is 6.30. The van der Waals surface area contributed by atoms with Crippen molar-refractivity contribution < 1.29 is 13.2 Å². The third-order valence-corrected chi connectivity index (χ3v) is 5.68. The molecule has 0 unspecified atom stereocenters. The van der Waals surface area contributed by atoms with Gasteiger partial charge < -0.3 is 0 Å². The zero-order valence-corrected chi connectivity index (χ0v) is 18.3. The van der Waals surface area contributed by atoms with Crippen LogP contribution in [-0.4, -0.2) is 19.2 Å². The van der Waals surface area contributed by atoms with Crippen LogP contribution in [0.3, 0.4) is 0 Å². The molecule has 0 N–H and O–H groups in total. The lowest BCUT2D eigenvalue weighted by atomic mass is 10.0. The van der Waals surface area contributed by atoms with Gasteiger partial charge in [-0.2, -0.15) is 13.2 Å². The van der Waals surface area contributed by atoms with E-state index in [4.69, 9.17) is 11.6 Å². The van der Waals surface area contributed by atoms with Crippen molar-refractivity contribution in [3.8, 4) is 22.4 Å². The lowest BCUT2D eigenvalue weighted by molar-refractivity contribution is -0.137. The minimum Gasteiger partial charge on any atom is -0.246 e. The first-order valence-electron chi connectivity index (χ1n) is 10.3. The van der Waals surface area contributed by atoms with Crippen molar-refractivity contribution in [3.63, 3.8) is 0 Å². The van der Waals surface area contributed by atoms with E-state index < -0.39 is 17.4 Å². The molecule has 170 valence electrons. The number of alkyl halides is 3. The molecule has 2 heterocycles. The van der Waals surface area contributed by atoms with Crippen LogP contribution in [0.2, 0.25) is 5.02 Å². The first kappa shape index (κ1) is 21.9. The molecule has 0 spiro atoms. The maximum Gasteiger partial charge on any atom is 0.416 e. The van der Waals surface area contributed by atoms with E-state index in [9.17, 15) is 18.0 Å². The van der Waals surface area contributed by atoms with Crippen LogP contribution < -0.4 is 5.69 Å². The van der Waals surface area contributed by atoms with E-state index in [2.05, 4.69) is 10.1 Å². The minimum absolute atomic E-state index is 0.0170. The van der Waals surface area contributed by atoms with Gasteiger partial charge in [0.05, 0.1) is 23.4 Å². The Hall–Kier alpha value is -3.91. The summed E-state index contributed by atoms with van der Waals surface area (Å²) in [6.07, 6.45) is -3.02. The maximum atomic E-state index is 13.1. The normalized spacial score (nSPS) is 11.8. The van der Waals surface area contributed by atoms with Crippen molar-refractivity contribution in [2.75, 3.05) is 0 Å². The summed E-state index contributed by atoms with van der Waals surface area (Å²) in [4.78, 5) is 17.6. The smallest absolute Gasteiger partial charge is 0.246 e. The molecule has 34 heavy (non-hydrogen) atoms. The summed E-state index contributed by atoms with van der Waals surface area (Å²) >= 11 is 6.04. The Morgan fingerprint density at radius 2 is 1.53 bits per heavy atom. The van der Waals surface area contributed by atoms with Crippen LogP contribution >= 0.6 is 11.6 Å². The predicted octanol–water partition coefficient (Wildman–Crippen LogP) is 5.95. The molecule has 0 saturated heterocycles. The van der Waals surface area contributed by atoms with Gasteiger partial charge in [-0.05, 0) is 35.4 Å². The van der Waals surface area contributed by atoms with Crippen molar-refractivity contribution in [1.82, 2.24) is 19.2 Å². The number of nitrogens with zero attached hydrogens (tertiary/aromatic N) is 4. The fraction of sp³-hybridized carbons (Fsp3) is 0.0800. The summed E-state index contributed by atoms with van der Waals surface area (Å²) in [6.45, 7) is 0.0170. The topological polar surface area (TPSA) is 52.2 Å². The Labute approximate surface area is 196 Å². The monoisotopic (exact) mass is 480 g/mol. The van der Waals surface area contributed by atoms with Gasteiger partial charge in [-0.15, -0.1) is 5.10 Å². The molecule has 0 atom stereocenters. The zero-order chi connectivity index (χ0) is 23.9. The molecule has 0 fully saturated rings. The van der Waals surface area contributed by atoms with E-state index in [0.29, 0.717) is 27.5 Å². The van der Waals surface area contributed by atoms with Gasteiger partial charge in [0, 0.05) is 10.6 Å². The molecule has 0 aliphatic heterocycles. The summed E-state index contributed by atoms with van der Waals surface area (Å²) in [6, 6.07) is 21.3. The molecule has 5 aromatic rings. The van der Waals surface area contributed by atoms with E-state index in [-0.39, 0.29) is 6.54 Å². The molecule has 5 nitrogen and oxygen atoms in total. The van der Waals surface area contributed by atoms with Crippen LogP contribution in [0.4, 0.5) is 13.2 Å². The Balaban J connectivity index is 1.65. The SMILES string of the molecule is O=c1n(Cc2ccc(C(F)(F)F)cc2)nc2c(-c3ccccc3)c(-c3ccc(Cl)cc3)ncn12. The molecule has 2 aromatic heterocycles. The fourth-order valence-corrected chi connectivity index (χ4v) is 3.88. The first-order chi connectivity index (χ1) is 16.3. The van der Waals surface area contributed by atoms with Gasteiger partial charge in [0.1, 0.15) is 6.33 Å². The van der Waals surface area contributed by atoms with Crippen molar-refractivity contribution in [3.05, 3.63) is 112 Å². The number of benzene rings is 3. The Bertz CT molecular complexity index is 1520. The summed E-state index contributed by atoms with van der Waals surface area (Å²) in [7, 11) is 0. The number of fused-ring (bicyclic) bond motifs is 1. The average Bonchev–Trinajstić information content (AvgIpc) is 3.14. The van der Waals surface area contributed by atoms with Crippen LogP contribution in [0.25, 0.3) is 28.0 Å². The van der Waals surface area contributed by atoms with E-state index in [1.807, 2.05) is 42.5 Å². The van der Waals surface area contributed by atoms with Crippen LogP contribution in [0.1, 0.15) is 11.1 Å². The van der Waals surface area contributed by atoms with E-state index in [1.54, 1.807) is 12.1 Å². The molecule has 0 amide bonds.